The first-order valence-electron chi connectivity index (χ1n) is 8.07. The monoisotopic (exact) mass is 359 g/mol. The minimum atomic E-state index is -4.42. The third kappa shape index (κ3) is 3.27. The number of para-hydroxylation sites is 1. The Hall–Kier alpha value is -2.89. The molecule has 0 N–H and O–H groups in total. The van der Waals surface area contributed by atoms with Gasteiger partial charge in [0.2, 0.25) is 0 Å². The van der Waals surface area contributed by atoms with Crippen molar-refractivity contribution in [2.75, 3.05) is 6.61 Å². The summed E-state index contributed by atoms with van der Waals surface area (Å²) in [5, 5.41) is 0.797. The molecule has 0 aliphatic carbocycles. The van der Waals surface area contributed by atoms with Crippen molar-refractivity contribution in [1.29, 1.82) is 0 Å². The molecule has 0 unspecified atom stereocenters. The van der Waals surface area contributed by atoms with E-state index in [1.165, 1.54) is 12.1 Å². The molecule has 134 valence electrons. The number of carbonyl (C=O) groups excluding carboxylic acids is 1. The molecule has 2 aromatic carbocycles. The van der Waals surface area contributed by atoms with Crippen LogP contribution in [0.5, 0.6) is 0 Å². The predicted molar refractivity (Wildman–Crippen MR) is 92.9 cm³/mol. The van der Waals surface area contributed by atoms with E-state index >= 15 is 0 Å². The molecular weight excluding hydrogens is 343 g/mol. The van der Waals surface area contributed by atoms with Gasteiger partial charge in [-0.1, -0.05) is 30.3 Å². The number of hydrogen-bond donors (Lipinski definition) is 0. The van der Waals surface area contributed by atoms with Gasteiger partial charge in [-0.3, -0.25) is 0 Å². The number of pyridine rings is 1. The maximum Gasteiger partial charge on any atom is 0.416 e. The minimum absolute atomic E-state index is 0.192. The van der Waals surface area contributed by atoms with Crippen LogP contribution in [0.15, 0.2) is 48.5 Å². The van der Waals surface area contributed by atoms with Gasteiger partial charge in [0.15, 0.2) is 0 Å². The van der Waals surface area contributed by atoms with Gasteiger partial charge in [-0.2, -0.15) is 13.2 Å². The molecule has 0 amide bonds. The van der Waals surface area contributed by atoms with Crippen molar-refractivity contribution >= 4 is 16.9 Å². The van der Waals surface area contributed by atoms with Crippen LogP contribution in [0.4, 0.5) is 13.2 Å². The Morgan fingerprint density at radius 1 is 1.08 bits per heavy atom. The Bertz CT molecular complexity index is 963. The number of hydrogen-bond acceptors (Lipinski definition) is 3. The summed E-state index contributed by atoms with van der Waals surface area (Å²) in [4.78, 5) is 17.0. The van der Waals surface area contributed by atoms with Gasteiger partial charge in [0.1, 0.15) is 0 Å². The second-order valence-electron chi connectivity index (χ2n) is 5.77. The smallest absolute Gasteiger partial charge is 0.416 e. The Balaban J connectivity index is 2.23. The summed E-state index contributed by atoms with van der Waals surface area (Å²) < 4.78 is 43.6. The van der Waals surface area contributed by atoms with E-state index in [9.17, 15) is 18.0 Å². The first-order chi connectivity index (χ1) is 12.3. The normalized spacial score (nSPS) is 11.6. The molecule has 6 heteroatoms. The number of ether oxygens (including phenoxy) is 1. The minimum Gasteiger partial charge on any atom is -0.462 e. The number of aryl methyl sites for hydroxylation is 1. The van der Waals surface area contributed by atoms with E-state index in [1.807, 2.05) is 18.2 Å². The highest BCUT2D eigenvalue weighted by Gasteiger charge is 2.30. The van der Waals surface area contributed by atoms with Crippen LogP contribution in [0.3, 0.4) is 0 Å². The summed E-state index contributed by atoms with van der Waals surface area (Å²) in [6.07, 6.45) is -4.42. The molecule has 1 heterocycles. The van der Waals surface area contributed by atoms with Crippen molar-refractivity contribution in [2.24, 2.45) is 0 Å². The lowest BCUT2D eigenvalue weighted by atomic mass is 9.97. The van der Waals surface area contributed by atoms with Crippen LogP contribution >= 0.6 is 0 Å². The largest absolute Gasteiger partial charge is 0.462 e. The molecule has 0 aliphatic heterocycles. The highest BCUT2D eigenvalue weighted by atomic mass is 19.4. The summed E-state index contributed by atoms with van der Waals surface area (Å²) in [6, 6.07) is 11.9. The van der Waals surface area contributed by atoms with Crippen LogP contribution in [0.1, 0.15) is 28.4 Å². The molecular formula is C20H16F3NO2. The molecule has 3 nitrogen and oxygen atoms in total. The topological polar surface area (TPSA) is 39.2 Å². The standard InChI is InChI=1S/C20H16F3NO2/c1-3-26-19(25)17-12(2)15-6-4-5-7-16(15)24-18(17)13-8-10-14(11-9-13)20(21,22)23/h4-11H,3H2,1-2H3. The van der Waals surface area contributed by atoms with E-state index in [2.05, 4.69) is 4.98 Å². The molecule has 1 aromatic heterocycles. The lowest BCUT2D eigenvalue weighted by Crippen LogP contribution is -2.11. The molecule has 0 radical (unpaired) electrons. The van der Waals surface area contributed by atoms with E-state index in [4.69, 9.17) is 4.74 Å². The lowest BCUT2D eigenvalue weighted by molar-refractivity contribution is -0.137. The fourth-order valence-electron chi connectivity index (χ4n) is 2.86. The number of carbonyl (C=O) groups is 1. The number of fused-ring (bicyclic) bond motifs is 1. The summed E-state index contributed by atoms with van der Waals surface area (Å²) in [7, 11) is 0. The average Bonchev–Trinajstić information content (AvgIpc) is 2.61. The first kappa shape index (κ1) is 17.9. The van der Waals surface area contributed by atoms with Gasteiger partial charge in [0.25, 0.3) is 0 Å². The van der Waals surface area contributed by atoms with Gasteiger partial charge in [-0.05, 0) is 37.6 Å². The predicted octanol–water partition coefficient (Wildman–Crippen LogP) is 5.41. The molecule has 0 bridgehead atoms. The molecule has 0 aliphatic rings. The maximum atomic E-state index is 12.8. The Morgan fingerprint density at radius 2 is 1.73 bits per heavy atom. The number of nitrogens with zero attached hydrogens (tertiary/aromatic N) is 1. The summed E-state index contributed by atoms with van der Waals surface area (Å²) in [5.74, 6) is -0.543. The number of benzene rings is 2. The molecule has 0 saturated carbocycles. The highest BCUT2D eigenvalue weighted by Crippen LogP contribution is 2.33. The highest BCUT2D eigenvalue weighted by molar-refractivity contribution is 6.03. The average molecular weight is 359 g/mol. The molecule has 3 rings (SSSR count). The Kier molecular flexibility index (Phi) is 4.68. The van der Waals surface area contributed by atoms with E-state index in [0.29, 0.717) is 22.3 Å². The van der Waals surface area contributed by atoms with Crippen molar-refractivity contribution in [1.82, 2.24) is 4.98 Å². The third-order valence-electron chi connectivity index (χ3n) is 4.12. The van der Waals surface area contributed by atoms with Crippen molar-refractivity contribution in [3.63, 3.8) is 0 Å². The fourth-order valence-corrected chi connectivity index (χ4v) is 2.86. The first-order valence-corrected chi connectivity index (χ1v) is 8.07. The summed E-state index contributed by atoms with van der Waals surface area (Å²) in [5.41, 5.74) is 1.60. The fraction of sp³-hybridized carbons (Fsp3) is 0.200. The third-order valence-corrected chi connectivity index (χ3v) is 4.12. The number of alkyl halides is 3. The zero-order valence-electron chi connectivity index (χ0n) is 14.2. The lowest BCUT2D eigenvalue weighted by Gasteiger charge is -2.14. The van der Waals surface area contributed by atoms with Crippen LogP contribution < -0.4 is 0 Å². The van der Waals surface area contributed by atoms with Crippen molar-refractivity contribution in [2.45, 2.75) is 20.0 Å². The Labute approximate surface area is 148 Å². The van der Waals surface area contributed by atoms with Crippen molar-refractivity contribution in [3.05, 3.63) is 65.2 Å². The molecule has 0 fully saturated rings. The number of aromatic nitrogens is 1. The van der Waals surface area contributed by atoms with E-state index in [1.54, 1.807) is 19.9 Å². The van der Waals surface area contributed by atoms with Crippen LogP contribution in [0.2, 0.25) is 0 Å². The SMILES string of the molecule is CCOC(=O)c1c(-c2ccc(C(F)(F)F)cc2)nc2ccccc2c1C. The van der Waals surface area contributed by atoms with Gasteiger partial charge in [0.05, 0.1) is 28.9 Å². The van der Waals surface area contributed by atoms with Gasteiger partial charge in [0, 0.05) is 10.9 Å². The molecule has 26 heavy (non-hydrogen) atoms. The van der Waals surface area contributed by atoms with Crippen LogP contribution in [-0.4, -0.2) is 17.6 Å². The molecule has 0 saturated heterocycles. The van der Waals surface area contributed by atoms with Crippen molar-refractivity contribution in [3.8, 4) is 11.3 Å². The Morgan fingerprint density at radius 3 is 2.35 bits per heavy atom. The zero-order valence-corrected chi connectivity index (χ0v) is 14.2. The van der Waals surface area contributed by atoms with Crippen LogP contribution in [0, 0.1) is 6.92 Å². The van der Waals surface area contributed by atoms with E-state index in [0.717, 1.165) is 17.5 Å². The quantitative estimate of drug-likeness (QED) is 0.587. The molecule has 3 aromatic rings. The van der Waals surface area contributed by atoms with E-state index < -0.39 is 17.7 Å². The van der Waals surface area contributed by atoms with Crippen LogP contribution in [0.25, 0.3) is 22.2 Å². The second kappa shape index (κ2) is 6.78. The second-order valence-corrected chi connectivity index (χ2v) is 5.77. The van der Waals surface area contributed by atoms with Gasteiger partial charge < -0.3 is 4.74 Å². The summed E-state index contributed by atoms with van der Waals surface area (Å²) >= 11 is 0. The van der Waals surface area contributed by atoms with Gasteiger partial charge in [-0.15, -0.1) is 0 Å². The summed E-state index contributed by atoms with van der Waals surface area (Å²) in [6.45, 7) is 3.67. The zero-order chi connectivity index (χ0) is 18.9. The van der Waals surface area contributed by atoms with Gasteiger partial charge in [-0.25, -0.2) is 9.78 Å². The number of rotatable bonds is 3. The molecule has 0 spiro atoms. The van der Waals surface area contributed by atoms with Crippen LogP contribution in [-0.2, 0) is 10.9 Å². The maximum absolute atomic E-state index is 12.8. The van der Waals surface area contributed by atoms with Crippen molar-refractivity contribution < 1.29 is 22.7 Å². The molecule has 0 atom stereocenters. The van der Waals surface area contributed by atoms with Gasteiger partial charge >= 0.3 is 12.1 Å². The number of esters is 1. The number of halogens is 3. The van der Waals surface area contributed by atoms with E-state index in [-0.39, 0.29) is 12.2 Å².